The maximum Gasteiger partial charge on any atom is 0.172 e. The van der Waals surface area contributed by atoms with Crippen molar-refractivity contribution in [3.8, 4) is 0 Å². The standard InChI is InChI=1S/C15H23N3O2S/c1-3-20-15(14(21)16-2,13-6-4-5-7-17-13)12-18-8-10-19-11-9-18/h4-7H,3,8-12H2,1-2H3,(H,16,21). The van der Waals surface area contributed by atoms with Gasteiger partial charge in [-0.2, -0.15) is 0 Å². The Morgan fingerprint density at radius 1 is 1.48 bits per heavy atom. The third-order valence-corrected chi connectivity index (χ3v) is 4.15. The minimum atomic E-state index is -0.711. The molecule has 1 unspecified atom stereocenters. The van der Waals surface area contributed by atoms with Gasteiger partial charge in [0.1, 0.15) is 4.99 Å². The van der Waals surface area contributed by atoms with Gasteiger partial charge in [0.05, 0.1) is 18.9 Å². The van der Waals surface area contributed by atoms with Crippen LogP contribution in [0.1, 0.15) is 12.6 Å². The Morgan fingerprint density at radius 2 is 2.24 bits per heavy atom. The van der Waals surface area contributed by atoms with Crippen LogP contribution in [-0.2, 0) is 15.1 Å². The number of aromatic nitrogens is 1. The van der Waals surface area contributed by atoms with Gasteiger partial charge in [0.25, 0.3) is 0 Å². The average Bonchev–Trinajstić information content (AvgIpc) is 2.55. The highest BCUT2D eigenvalue weighted by molar-refractivity contribution is 7.80. The molecule has 2 rings (SSSR count). The summed E-state index contributed by atoms with van der Waals surface area (Å²) in [4.78, 5) is 7.47. The van der Waals surface area contributed by atoms with Crippen LogP contribution in [0, 0.1) is 0 Å². The smallest absolute Gasteiger partial charge is 0.172 e. The largest absolute Gasteiger partial charge is 0.380 e. The van der Waals surface area contributed by atoms with Crippen molar-refractivity contribution in [3.63, 3.8) is 0 Å². The van der Waals surface area contributed by atoms with Gasteiger partial charge < -0.3 is 14.8 Å². The Morgan fingerprint density at radius 3 is 2.81 bits per heavy atom. The van der Waals surface area contributed by atoms with E-state index < -0.39 is 5.60 Å². The molecule has 0 bridgehead atoms. The summed E-state index contributed by atoms with van der Waals surface area (Å²) in [5.41, 5.74) is 0.134. The highest BCUT2D eigenvalue weighted by Gasteiger charge is 2.40. The number of likely N-dealkylation sites (N-methyl/N-ethyl adjacent to an activating group) is 1. The van der Waals surface area contributed by atoms with Crippen molar-refractivity contribution in [2.45, 2.75) is 12.5 Å². The maximum absolute atomic E-state index is 6.12. The monoisotopic (exact) mass is 309 g/mol. The number of nitrogens with zero attached hydrogens (tertiary/aromatic N) is 2. The molecule has 0 amide bonds. The second-order valence-electron chi connectivity index (χ2n) is 4.94. The number of nitrogens with one attached hydrogen (secondary N) is 1. The number of thiocarbonyl (C=S) groups is 1. The number of pyridine rings is 1. The van der Waals surface area contributed by atoms with Crippen molar-refractivity contribution in [1.82, 2.24) is 15.2 Å². The number of morpholine rings is 1. The Labute approximate surface area is 131 Å². The second-order valence-corrected chi connectivity index (χ2v) is 5.35. The van der Waals surface area contributed by atoms with Crippen LogP contribution in [0.15, 0.2) is 24.4 Å². The molecule has 21 heavy (non-hydrogen) atoms. The zero-order chi connectivity index (χ0) is 15.1. The van der Waals surface area contributed by atoms with Crippen LogP contribution in [-0.4, -0.2) is 61.4 Å². The Balaban J connectivity index is 2.32. The molecular formula is C15H23N3O2S. The molecule has 5 nitrogen and oxygen atoms in total. The molecule has 0 saturated carbocycles. The van der Waals surface area contributed by atoms with Gasteiger partial charge in [-0.05, 0) is 19.1 Å². The fraction of sp³-hybridized carbons (Fsp3) is 0.600. The van der Waals surface area contributed by atoms with Crippen LogP contribution in [0.3, 0.4) is 0 Å². The van der Waals surface area contributed by atoms with Crippen molar-refractivity contribution in [2.75, 3.05) is 46.5 Å². The predicted octanol–water partition coefficient (Wildman–Crippen LogP) is 1.19. The molecule has 0 aliphatic carbocycles. The summed E-state index contributed by atoms with van der Waals surface area (Å²) in [6.07, 6.45) is 1.78. The molecule has 2 heterocycles. The molecule has 1 aromatic rings. The molecule has 1 aromatic heterocycles. The van der Waals surface area contributed by atoms with E-state index in [1.165, 1.54) is 0 Å². The minimum absolute atomic E-state index is 0.572. The van der Waals surface area contributed by atoms with E-state index in [0.717, 1.165) is 32.0 Å². The first kappa shape index (κ1) is 16.3. The van der Waals surface area contributed by atoms with E-state index >= 15 is 0 Å². The summed E-state index contributed by atoms with van der Waals surface area (Å²) in [6, 6.07) is 5.84. The molecule has 6 heteroatoms. The SMILES string of the molecule is CCOC(CN1CCOCC1)(C(=S)NC)c1ccccn1. The normalized spacial score (nSPS) is 19.0. The summed E-state index contributed by atoms with van der Waals surface area (Å²) in [5.74, 6) is 0. The number of rotatable bonds is 6. The van der Waals surface area contributed by atoms with E-state index in [9.17, 15) is 0 Å². The van der Waals surface area contributed by atoms with Crippen molar-refractivity contribution in [2.24, 2.45) is 0 Å². The lowest BCUT2D eigenvalue weighted by Crippen LogP contribution is -2.54. The third kappa shape index (κ3) is 3.77. The molecule has 116 valence electrons. The first-order chi connectivity index (χ1) is 10.2. The van der Waals surface area contributed by atoms with Crippen LogP contribution in [0.4, 0.5) is 0 Å². The summed E-state index contributed by atoms with van der Waals surface area (Å²) < 4.78 is 11.5. The van der Waals surface area contributed by atoms with Gasteiger partial charge in [0.2, 0.25) is 0 Å². The first-order valence-corrected chi connectivity index (χ1v) is 7.71. The average molecular weight is 309 g/mol. The van der Waals surface area contributed by atoms with Crippen molar-refractivity contribution >= 4 is 17.2 Å². The van der Waals surface area contributed by atoms with Gasteiger partial charge in [0.15, 0.2) is 5.60 Å². The molecule has 1 aliphatic heterocycles. The maximum atomic E-state index is 6.12. The van der Waals surface area contributed by atoms with Gasteiger partial charge in [-0.25, -0.2) is 0 Å². The zero-order valence-corrected chi connectivity index (χ0v) is 13.5. The highest BCUT2D eigenvalue weighted by Crippen LogP contribution is 2.27. The molecule has 0 radical (unpaired) electrons. The summed E-state index contributed by atoms with van der Waals surface area (Å²) in [5, 5.41) is 3.09. The fourth-order valence-electron chi connectivity index (χ4n) is 2.58. The molecule has 0 spiro atoms. The summed E-state index contributed by atoms with van der Waals surface area (Å²) in [6.45, 7) is 6.49. The van der Waals surface area contributed by atoms with Gasteiger partial charge in [-0.3, -0.25) is 9.88 Å². The van der Waals surface area contributed by atoms with E-state index in [1.54, 1.807) is 6.20 Å². The molecule has 1 fully saturated rings. The van der Waals surface area contributed by atoms with Crippen LogP contribution < -0.4 is 5.32 Å². The fourth-order valence-corrected chi connectivity index (χ4v) is 2.81. The lowest BCUT2D eigenvalue weighted by molar-refractivity contribution is -0.0421. The molecule has 1 saturated heterocycles. The minimum Gasteiger partial charge on any atom is -0.380 e. The zero-order valence-electron chi connectivity index (χ0n) is 12.7. The molecule has 1 atom stereocenters. The van der Waals surface area contributed by atoms with E-state index in [4.69, 9.17) is 21.7 Å². The third-order valence-electron chi connectivity index (χ3n) is 3.61. The van der Waals surface area contributed by atoms with E-state index in [1.807, 2.05) is 32.2 Å². The van der Waals surface area contributed by atoms with E-state index in [2.05, 4.69) is 15.2 Å². The van der Waals surface area contributed by atoms with Crippen molar-refractivity contribution in [3.05, 3.63) is 30.1 Å². The number of ether oxygens (including phenoxy) is 2. The van der Waals surface area contributed by atoms with Crippen LogP contribution >= 0.6 is 12.2 Å². The van der Waals surface area contributed by atoms with Crippen molar-refractivity contribution < 1.29 is 9.47 Å². The summed E-state index contributed by atoms with van der Waals surface area (Å²) >= 11 is 5.57. The van der Waals surface area contributed by atoms with Gasteiger partial charge in [-0.1, -0.05) is 18.3 Å². The van der Waals surface area contributed by atoms with Crippen molar-refractivity contribution in [1.29, 1.82) is 0 Å². The topological polar surface area (TPSA) is 46.6 Å². The lowest BCUT2D eigenvalue weighted by atomic mass is 9.96. The van der Waals surface area contributed by atoms with Gasteiger partial charge in [-0.15, -0.1) is 0 Å². The Hall–Kier alpha value is -1.08. The molecule has 0 aromatic carbocycles. The van der Waals surface area contributed by atoms with Gasteiger partial charge >= 0.3 is 0 Å². The molecule has 1 N–H and O–H groups in total. The number of hydrogen-bond acceptors (Lipinski definition) is 5. The van der Waals surface area contributed by atoms with Gasteiger partial charge in [0, 0.05) is 39.5 Å². The van der Waals surface area contributed by atoms with Crippen LogP contribution in [0.2, 0.25) is 0 Å². The lowest BCUT2D eigenvalue weighted by Gasteiger charge is -2.39. The van der Waals surface area contributed by atoms with Crippen LogP contribution in [0.5, 0.6) is 0 Å². The van der Waals surface area contributed by atoms with Crippen LogP contribution in [0.25, 0.3) is 0 Å². The Kier molecular flexibility index (Phi) is 6.05. The first-order valence-electron chi connectivity index (χ1n) is 7.30. The quantitative estimate of drug-likeness (QED) is 0.797. The molecular weight excluding hydrogens is 286 g/mol. The van der Waals surface area contributed by atoms with E-state index in [0.29, 0.717) is 18.1 Å². The highest BCUT2D eigenvalue weighted by atomic mass is 32.1. The molecule has 1 aliphatic rings. The second kappa shape index (κ2) is 7.79. The van der Waals surface area contributed by atoms with E-state index in [-0.39, 0.29) is 0 Å². The number of hydrogen-bond donors (Lipinski definition) is 1. The summed E-state index contributed by atoms with van der Waals surface area (Å²) in [7, 11) is 1.83. The predicted molar refractivity (Wildman–Crippen MR) is 86.5 cm³/mol. The Bertz CT molecular complexity index is 451.